The highest BCUT2D eigenvalue weighted by atomic mass is 16.5. The Bertz CT molecular complexity index is 654. The van der Waals surface area contributed by atoms with Gasteiger partial charge in [0, 0.05) is 12.1 Å². The van der Waals surface area contributed by atoms with Crippen LogP contribution in [-0.4, -0.2) is 36.0 Å². The normalized spacial score (nSPS) is 17.3. The highest BCUT2D eigenvalue weighted by Gasteiger charge is 2.28. The molecule has 2 amide bonds. The Morgan fingerprint density at radius 3 is 3.00 bits per heavy atom. The topological polar surface area (TPSA) is 112 Å². The summed E-state index contributed by atoms with van der Waals surface area (Å²) in [6.07, 6.45) is 1.40. The van der Waals surface area contributed by atoms with E-state index in [0.29, 0.717) is 17.0 Å². The Morgan fingerprint density at radius 2 is 2.36 bits per heavy atom. The number of methoxy groups -OCH3 is 1. The van der Waals surface area contributed by atoms with E-state index >= 15 is 0 Å². The third-order valence-corrected chi connectivity index (χ3v) is 3.16. The summed E-state index contributed by atoms with van der Waals surface area (Å²) in [6, 6.07) is 4.66. The molecule has 116 valence electrons. The fraction of sp³-hybridized carbons (Fsp3) is 0.286. The largest absolute Gasteiger partial charge is 0.504 e. The number of benzene rings is 1. The molecule has 22 heavy (non-hydrogen) atoms. The summed E-state index contributed by atoms with van der Waals surface area (Å²) in [5.74, 6) is -0.905. The number of ether oxygens (including phenoxy) is 1. The van der Waals surface area contributed by atoms with Gasteiger partial charge in [0.25, 0.3) is 0 Å². The second kappa shape index (κ2) is 6.70. The van der Waals surface area contributed by atoms with Crippen LogP contribution in [0.2, 0.25) is 0 Å². The van der Waals surface area contributed by atoms with Crippen LogP contribution in [0.4, 0.5) is 0 Å². The van der Waals surface area contributed by atoms with Crippen molar-refractivity contribution in [2.45, 2.75) is 13.3 Å². The quantitative estimate of drug-likeness (QED) is 0.538. The number of amides is 2. The lowest BCUT2D eigenvalue weighted by Gasteiger charge is -2.06. The highest BCUT2D eigenvalue weighted by molar-refractivity contribution is 6.09. The van der Waals surface area contributed by atoms with Crippen molar-refractivity contribution in [1.82, 2.24) is 10.9 Å². The summed E-state index contributed by atoms with van der Waals surface area (Å²) in [5, 5.41) is 17.0. The first-order valence-electron chi connectivity index (χ1n) is 6.54. The van der Waals surface area contributed by atoms with Gasteiger partial charge < -0.3 is 9.84 Å². The lowest BCUT2D eigenvalue weighted by Crippen LogP contribution is -2.29. The number of carbonyl (C=O) groups excluding carboxylic acids is 2. The molecule has 1 atom stereocenters. The number of rotatable bonds is 5. The zero-order chi connectivity index (χ0) is 16.1. The Labute approximate surface area is 126 Å². The Hall–Kier alpha value is -2.90. The molecule has 1 aliphatic rings. The maximum absolute atomic E-state index is 11.7. The van der Waals surface area contributed by atoms with Crippen molar-refractivity contribution in [3.8, 4) is 11.5 Å². The zero-order valence-corrected chi connectivity index (χ0v) is 12.2. The molecule has 0 radical (unpaired) electrons. The number of hydrazone groups is 2. The molecular weight excluding hydrogens is 288 g/mol. The molecule has 0 bridgehead atoms. The number of aromatic hydroxyl groups is 1. The van der Waals surface area contributed by atoms with Gasteiger partial charge in [0.1, 0.15) is 0 Å². The lowest BCUT2D eigenvalue weighted by atomic mass is 10.0. The molecular formula is C14H16N4O4. The fourth-order valence-electron chi connectivity index (χ4n) is 1.91. The van der Waals surface area contributed by atoms with Gasteiger partial charge in [-0.3, -0.25) is 9.59 Å². The van der Waals surface area contributed by atoms with Gasteiger partial charge in [-0.25, -0.2) is 10.9 Å². The van der Waals surface area contributed by atoms with E-state index in [-0.39, 0.29) is 18.1 Å². The Balaban J connectivity index is 1.91. The molecule has 0 spiro atoms. The number of nitrogens with one attached hydrogen (secondary N) is 2. The van der Waals surface area contributed by atoms with Gasteiger partial charge in [-0.1, -0.05) is 0 Å². The van der Waals surface area contributed by atoms with E-state index in [9.17, 15) is 14.7 Å². The van der Waals surface area contributed by atoms with Crippen LogP contribution in [0.15, 0.2) is 28.4 Å². The zero-order valence-electron chi connectivity index (χ0n) is 12.2. The van der Waals surface area contributed by atoms with Crippen molar-refractivity contribution in [3.05, 3.63) is 23.8 Å². The minimum atomic E-state index is -0.552. The molecule has 1 unspecified atom stereocenters. The first kappa shape index (κ1) is 15.5. The van der Waals surface area contributed by atoms with Crippen LogP contribution in [0, 0.1) is 5.92 Å². The molecule has 8 nitrogen and oxygen atoms in total. The van der Waals surface area contributed by atoms with E-state index in [2.05, 4.69) is 21.1 Å². The summed E-state index contributed by atoms with van der Waals surface area (Å²) >= 11 is 0. The first-order valence-corrected chi connectivity index (χ1v) is 6.54. The van der Waals surface area contributed by atoms with Crippen molar-refractivity contribution in [1.29, 1.82) is 0 Å². The van der Waals surface area contributed by atoms with Crippen LogP contribution >= 0.6 is 0 Å². The van der Waals surface area contributed by atoms with Gasteiger partial charge in [-0.05, 0) is 30.7 Å². The van der Waals surface area contributed by atoms with Crippen molar-refractivity contribution >= 4 is 23.7 Å². The first-order chi connectivity index (χ1) is 10.5. The van der Waals surface area contributed by atoms with E-state index in [4.69, 9.17) is 4.74 Å². The van der Waals surface area contributed by atoms with E-state index in [1.807, 2.05) is 0 Å². The van der Waals surface area contributed by atoms with E-state index in [0.717, 1.165) is 0 Å². The molecule has 0 saturated carbocycles. The average molecular weight is 304 g/mol. The number of hydrogen-bond donors (Lipinski definition) is 3. The lowest BCUT2D eigenvalue weighted by molar-refractivity contribution is -0.127. The SMILES string of the molecule is COc1cc(/C=N/NC(=O)CC2C(=O)NN=C2C)ccc1O. The van der Waals surface area contributed by atoms with Crippen LogP contribution in [-0.2, 0) is 9.59 Å². The highest BCUT2D eigenvalue weighted by Crippen LogP contribution is 2.25. The molecule has 0 fully saturated rings. The summed E-state index contributed by atoms with van der Waals surface area (Å²) < 4.78 is 4.97. The minimum Gasteiger partial charge on any atom is -0.504 e. The monoisotopic (exact) mass is 304 g/mol. The summed E-state index contributed by atoms with van der Waals surface area (Å²) in [5.41, 5.74) is 5.88. The summed E-state index contributed by atoms with van der Waals surface area (Å²) in [4.78, 5) is 23.2. The van der Waals surface area contributed by atoms with E-state index in [1.165, 1.54) is 19.4 Å². The van der Waals surface area contributed by atoms with Crippen LogP contribution in [0.1, 0.15) is 18.9 Å². The van der Waals surface area contributed by atoms with Crippen molar-refractivity contribution in [2.24, 2.45) is 16.1 Å². The average Bonchev–Trinajstić information content (AvgIpc) is 2.81. The molecule has 0 aromatic heterocycles. The number of hydrogen-bond acceptors (Lipinski definition) is 6. The Kier molecular flexibility index (Phi) is 4.72. The van der Waals surface area contributed by atoms with Gasteiger partial charge >= 0.3 is 0 Å². The minimum absolute atomic E-state index is 0.0165. The summed E-state index contributed by atoms with van der Waals surface area (Å²) in [6.45, 7) is 1.68. The third-order valence-electron chi connectivity index (χ3n) is 3.16. The van der Waals surface area contributed by atoms with Gasteiger partial charge in [0.15, 0.2) is 11.5 Å². The molecule has 2 rings (SSSR count). The maximum atomic E-state index is 11.7. The molecule has 1 aliphatic heterocycles. The summed E-state index contributed by atoms with van der Waals surface area (Å²) in [7, 11) is 1.44. The fourth-order valence-corrected chi connectivity index (χ4v) is 1.91. The second-order valence-electron chi connectivity index (χ2n) is 4.71. The standard InChI is InChI=1S/C14H16N4O4/c1-8-10(14(21)18-16-8)6-13(20)17-15-7-9-3-4-11(19)12(5-9)22-2/h3-5,7,10,19H,6H2,1-2H3,(H,17,20)(H,18,21)/b15-7+. The van der Waals surface area contributed by atoms with Gasteiger partial charge in [-0.15, -0.1) is 0 Å². The number of phenols is 1. The Morgan fingerprint density at radius 1 is 1.59 bits per heavy atom. The molecule has 1 heterocycles. The van der Waals surface area contributed by atoms with Crippen LogP contribution in [0.3, 0.4) is 0 Å². The van der Waals surface area contributed by atoms with E-state index in [1.54, 1.807) is 19.1 Å². The predicted octanol–water partition coefficient (Wildman–Crippen LogP) is 0.363. The van der Waals surface area contributed by atoms with E-state index < -0.39 is 11.8 Å². The molecule has 1 aromatic carbocycles. The van der Waals surface area contributed by atoms with Crippen molar-refractivity contribution in [3.63, 3.8) is 0 Å². The van der Waals surface area contributed by atoms with Crippen LogP contribution < -0.4 is 15.6 Å². The van der Waals surface area contributed by atoms with Gasteiger partial charge in [-0.2, -0.15) is 10.2 Å². The van der Waals surface area contributed by atoms with Crippen molar-refractivity contribution in [2.75, 3.05) is 7.11 Å². The molecule has 0 saturated heterocycles. The second-order valence-corrected chi connectivity index (χ2v) is 4.71. The third kappa shape index (κ3) is 3.60. The van der Waals surface area contributed by atoms with Gasteiger partial charge in [0.2, 0.25) is 11.8 Å². The maximum Gasteiger partial charge on any atom is 0.249 e. The van der Waals surface area contributed by atoms with Gasteiger partial charge in [0.05, 0.1) is 19.2 Å². The van der Waals surface area contributed by atoms with Crippen LogP contribution in [0.25, 0.3) is 0 Å². The van der Waals surface area contributed by atoms with Crippen molar-refractivity contribution < 1.29 is 19.4 Å². The van der Waals surface area contributed by atoms with Crippen LogP contribution in [0.5, 0.6) is 11.5 Å². The molecule has 3 N–H and O–H groups in total. The molecule has 1 aromatic rings. The number of nitrogens with zero attached hydrogens (tertiary/aromatic N) is 2. The number of phenolic OH excluding ortho intramolecular Hbond substituents is 1. The predicted molar refractivity (Wildman–Crippen MR) is 79.8 cm³/mol. The molecule has 8 heteroatoms. The number of carbonyl (C=O) groups is 2. The molecule has 0 aliphatic carbocycles. The smallest absolute Gasteiger partial charge is 0.249 e.